The minimum absolute atomic E-state index is 0.107. The number of nitrogens with zero attached hydrogens (tertiary/aromatic N) is 2. The first kappa shape index (κ1) is 13.9. The lowest BCUT2D eigenvalue weighted by Crippen LogP contribution is -2.45. The second-order valence-electron chi connectivity index (χ2n) is 4.38. The lowest BCUT2D eigenvalue weighted by molar-refractivity contribution is -0.119. The molecule has 1 aliphatic rings. The van der Waals surface area contributed by atoms with E-state index in [0.717, 1.165) is 36.3 Å². The Morgan fingerprint density at radius 2 is 1.94 bits per heavy atom. The molecule has 1 heterocycles. The van der Waals surface area contributed by atoms with Crippen LogP contribution in [0.4, 0.5) is 0 Å². The van der Waals surface area contributed by atoms with Crippen LogP contribution in [0.15, 0.2) is 0 Å². The third-order valence-corrected chi connectivity index (χ3v) is 4.70. The average Bonchev–Trinajstić information content (AvgIpc) is 2.26. The molecule has 0 spiro atoms. The molecule has 0 aromatic rings. The van der Waals surface area contributed by atoms with Gasteiger partial charge in [-0.25, -0.2) is 0 Å². The lowest BCUT2D eigenvalue weighted by atomic mass is 10.1. The summed E-state index contributed by atoms with van der Waals surface area (Å²) in [6.45, 7) is 7.77. The Morgan fingerprint density at radius 1 is 1.38 bits per heavy atom. The summed E-state index contributed by atoms with van der Waals surface area (Å²) in [4.78, 5) is 15.6. The Labute approximate surface area is 108 Å². The second kappa shape index (κ2) is 6.57. The minimum Gasteiger partial charge on any atom is -0.355 e. The number of rotatable bonds is 3. The fourth-order valence-corrected chi connectivity index (χ4v) is 2.77. The van der Waals surface area contributed by atoms with E-state index in [1.807, 2.05) is 6.92 Å². The zero-order valence-electron chi connectivity index (χ0n) is 10.2. The fraction of sp³-hybridized carbons (Fsp3) is 0.818. The van der Waals surface area contributed by atoms with Crippen LogP contribution < -0.4 is 0 Å². The Kier molecular flexibility index (Phi) is 5.72. The van der Waals surface area contributed by atoms with Gasteiger partial charge in [0.05, 0.1) is 0 Å². The number of ketones is 1. The summed E-state index contributed by atoms with van der Waals surface area (Å²) in [6.07, 6.45) is 0. The summed E-state index contributed by atoms with van der Waals surface area (Å²) in [5, 5.41) is 0. The van der Waals surface area contributed by atoms with Gasteiger partial charge in [0.1, 0.15) is 10.1 Å². The predicted molar refractivity (Wildman–Crippen MR) is 74.0 cm³/mol. The van der Waals surface area contributed by atoms with Gasteiger partial charge in [0, 0.05) is 37.8 Å². The number of piperazine rings is 1. The Morgan fingerprint density at radius 3 is 2.44 bits per heavy atom. The standard InChI is InChI=1S/C11H20N2OS2/c1-9(10(2)14)8-16-11(15)13-6-4-12(3)5-7-13/h9H,4-8H2,1-3H3. The molecular weight excluding hydrogens is 240 g/mol. The van der Waals surface area contributed by atoms with Gasteiger partial charge in [-0.2, -0.15) is 0 Å². The van der Waals surface area contributed by atoms with Crippen LogP contribution in [-0.2, 0) is 4.79 Å². The largest absolute Gasteiger partial charge is 0.355 e. The molecule has 5 heteroatoms. The Balaban J connectivity index is 2.27. The summed E-state index contributed by atoms with van der Waals surface area (Å²) in [5.41, 5.74) is 0. The number of hydrogen-bond donors (Lipinski definition) is 0. The van der Waals surface area contributed by atoms with E-state index < -0.39 is 0 Å². The van der Waals surface area contributed by atoms with Crippen LogP contribution in [-0.4, -0.2) is 58.9 Å². The first-order chi connectivity index (χ1) is 7.50. The first-order valence-electron chi connectivity index (χ1n) is 5.61. The van der Waals surface area contributed by atoms with Gasteiger partial charge in [-0.05, 0) is 14.0 Å². The maximum absolute atomic E-state index is 11.1. The highest BCUT2D eigenvalue weighted by molar-refractivity contribution is 8.22. The topological polar surface area (TPSA) is 23.6 Å². The molecule has 0 saturated carbocycles. The summed E-state index contributed by atoms with van der Waals surface area (Å²) in [5.74, 6) is 1.16. The summed E-state index contributed by atoms with van der Waals surface area (Å²) in [6, 6.07) is 0. The number of carbonyl (C=O) groups is 1. The fourth-order valence-electron chi connectivity index (χ4n) is 1.39. The lowest BCUT2D eigenvalue weighted by Gasteiger charge is -2.33. The van der Waals surface area contributed by atoms with Crippen molar-refractivity contribution in [1.29, 1.82) is 0 Å². The van der Waals surface area contributed by atoms with Gasteiger partial charge in [0.2, 0.25) is 0 Å². The first-order valence-corrected chi connectivity index (χ1v) is 7.00. The van der Waals surface area contributed by atoms with E-state index in [1.54, 1.807) is 18.7 Å². The van der Waals surface area contributed by atoms with Crippen molar-refractivity contribution in [2.75, 3.05) is 39.0 Å². The van der Waals surface area contributed by atoms with Crippen LogP contribution in [0.25, 0.3) is 0 Å². The van der Waals surface area contributed by atoms with E-state index in [1.165, 1.54) is 0 Å². The zero-order valence-corrected chi connectivity index (χ0v) is 11.9. The number of thioether (sulfide) groups is 1. The van der Waals surface area contributed by atoms with Crippen molar-refractivity contribution in [2.45, 2.75) is 13.8 Å². The molecule has 0 aliphatic carbocycles. The van der Waals surface area contributed by atoms with E-state index in [9.17, 15) is 4.79 Å². The molecule has 1 fully saturated rings. The van der Waals surface area contributed by atoms with Crippen LogP contribution in [0.2, 0.25) is 0 Å². The van der Waals surface area contributed by atoms with Crippen LogP contribution in [0.5, 0.6) is 0 Å². The zero-order chi connectivity index (χ0) is 12.1. The summed E-state index contributed by atoms with van der Waals surface area (Å²) in [7, 11) is 2.13. The molecule has 1 unspecified atom stereocenters. The molecular formula is C11H20N2OS2. The quantitative estimate of drug-likeness (QED) is 0.715. The molecule has 1 saturated heterocycles. The van der Waals surface area contributed by atoms with Crippen LogP contribution in [0, 0.1) is 5.92 Å². The number of Topliss-reactive ketones (excluding diaryl/α,β-unsaturated/α-hetero) is 1. The molecule has 92 valence electrons. The molecule has 3 nitrogen and oxygen atoms in total. The number of likely N-dealkylation sites (N-methyl/N-ethyl adjacent to an activating group) is 1. The normalized spacial score (nSPS) is 19.6. The van der Waals surface area contributed by atoms with Gasteiger partial charge in [-0.15, -0.1) is 0 Å². The Bertz CT molecular complexity index is 263. The molecule has 1 atom stereocenters. The van der Waals surface area contributed by atoms with Crippen molar-refractivity contribution in [3.63, 3.8) is 0 Å². The molecule has 1 rings (SSSR count). The molecule has 1 aliphatic heterocycles. The number of thiocarbonyl (C=S) groups is 1. The van der Waals surface area contributed by atoms with E-state index in [4.69, 9.17) is 12.2 Å². The highest BCUT2D eigenvalue weighted by atomic mass is 32.2. The maximum Gasteiger partial charge on any atom is 0.136 e. The van der Waals surface area contributed by atoms with E-state index in [0.29, 0.717) is 0 Å². The molecule has 0 aromatic heterocycles. The van der Waals surface area contributed by atoms with Gasteiger partial charge in [0.15, 0.2) is 0 Å². The molecule has 0 aromatic carbocycles. The third kappa shape index (κ3) is 4.39. The van der Waals surface area contributed by atoms with E-state index in [-0.39, 0.29) is 11.7 Å². The van der Waals surface area contributed by atoms with Crippen molar-refractivity contribution in [1.82, 2.24) is 9.80 Å². The van der Waals surface area contributed by atoms with Crippen molar-refractivity contribution in [2.24, 2.45) is 5.92 Å². The minimum atomic E-state index is 0.107. The van der Waals surface area contributed by atoms with Crippen LogP contribution in [0.1, 0.15) is 13.8 Å². The van der Waals surface area contributed by atoms with Crippen LogP contribution >= 0.6 is 24.0 Å². The second-order valence-corrected chi connectivity index (χ2v) is 6.03. The van der Waals surface area contributed by atoms with E-state index in [2.05, 4.69) is 16.8 Å². The molecule has 0 bridgehead atoms. The molecule has 16 heavy (non-hydrogen) atoms. The van der Waals surface area contributed by atoms with Gasteiger partial charge in [0.25, 0.3) is 0 Å². The van der Waals surface area contributed by atoms with Gasteiger partial charge in [-0.3, -0.25) is 4.79 Å². The monoisotopic (exact) mass is 260 g/mol. The highest BCUT2D eigenvalue weighted by Crippen LogP contribution is 2.15. The Hall–Kier alpha value is -0.130. The SMILES string of the molecule is CC(=O)C(C)CSC(=S)N1CCN(C)CC1. The third-order valence-electron chi connectivity index (χ3n) is 2.91. The molecule has 0 N–H and O–H groups in total. The summed E-state index contributed by atoms with van der Waals surface area (Å²) < 4.78 is 0.946. The molecule has 0 radical (unpaired) electrons. The number of carbonyl (C=O) groups excluding carboxylic acids is 1. The van der Waals surface area contributed by atoms with Crippen molar-refractivity contribution < 1.29 is 4.79 Å². The summed E-state index contributed by atoms with van der Waals surface area (Å²) >= 11 is 7.02. The van der Waals surface area contributed by atoms with Crippen molar-refractivity contribution >= 4 is 34.1 Å². The maximum atomic E-state index is 11.1. The number of hydrogen-bond acceptors (Lipinski definition) is 4. The average molecular weight is 260 g/mol. The van der Waals surface area contributed by atoms with Crippen molar-refractivity contribution in [3.05, 3.63) is 0 Å². The van der Waals surface area contributed by atoms with Gasteiger partial charge >= 0.3 is 0 Å². The molecule has 0 amide bonds. The van der Waals surface area contributed by atoms with Crippen LogP contribution in [0.3, 0.4) is 0 Å². The van der Waals surface area contributed by atoms with Gasteiger partial charge in [-0.1, -0.05) is 30.9 Å². The van der Waals surface area contributed by atoms with Gasteiger partial charge < -0.3 is 9.80 Å². The van der Waals surface area contributed by atoms with E-state index >= 15 is 0 Å². The smallest absolute Gasteiger partial charge is 0.136 e. The predicted octanol–water partition coefficient (Wildman–Crippen LogP) is 1.48. The van der Waals surface area contributed by atoms with Crippen molar-refractivity contribution in [3.8, 4) is 0 Å². The highest BCUT2D eigenvalue weighted by Gasteiger charge is 2.17.